The van der Waals surface area contributed by atoms with Crippen LogP contribution >= 0.6 is 11.6 Å². The van der Waals surface area contributed by atoms with Crippen LogP contribution in [0, 0.1) is 0 Å². The van der Waals surface area contributed by atoms with Gasteiger partial charge in [0.1, 0.15) is 0 Å². The van der Waals surface area contributed by atoms with Gasteiger partial charge in [0.05, 0.1) is 5.75 Å². The van der Waals surface area contributed by atoms with Crippen molar-refractivity contribution in [3.05, 3.63) is 29.3 Å². The molecule has 0 aliphatic heterocycles. The summed E-state index contributed by atoms with van der Waals surface area (Å²) in [7, 11) is -3.28. The second-order valence-corrected chi connectivity index (χ2v) is 5.35. The maximum Gasteiger partial charge on any atom is 0.232 e. The number of hydrogen-bond acceptors (Lipinski definition) is 3. The molecular formula is C9H13ClN2O2S. The highest BCUT2D eigenvalue weighted by atomic mass is 35.5. The minimum absolute atomic E-state index is 0.0339. The molecule has 0 radical (unpaired) electrons. The first-order chi connectivity index (χ1) is 7.03. The molecule has 0 atom stereocenters. The second kappa shape index (κ2) is 5.34. The smallest absolute Gasteiger partial charge is 0.232 e. The lowest BCUT2D eigenvalue weighted by atomic mass is 10.3. The lowest BCUT2D eigenvalue weighted by Crippen LogP contribution is -2.18. The molecule has 0 aliphatic carbocycles. The summed E-state index contributed by atoms with van der Waals surface area (Å²) in [5.74, 6) is 0.0339. The van der Waals surface area contributed by atoms with Crippen molar-refractivity contribution in [2.24, 2.45) is 5.73 Å². The quantitative estimate of drug-likeness (QED) is 0.828. The Balaban J connectivity index is 2.65. The predicted molar refractivity (Wildman–Crippen MR) is 62.5 cm³/mol. The number of hydrogen-bond donors (Lipinski definition) is 2. The van der Waals surface area contributed by atoms with E-state index in [1.807, 2.05) is 0 Å². The molecule has 6 heteroatoms. The van der Waals surface area contributed by atoms with Crippen LogP contribution in [0.3, 0.4) is 0 Å². The van der Waals surface area contributed by atoms with Crippen LogP contribution in [0.15, 0.2) is 24.3 Å². The fourth-order valence-electron chi connectivity index (χ4n) is 1.02. The van der Waals surface area contributed by atoms with E-state index in [9.17, 15) is 8.42 Å². The van der Waals surface area contributed by atoms with Gasteiger partial charge < -0.3 is 5.73 Å². The van der Waals surface area contributed by atoms with E-state index in [0.29, 0.717) is 23.7 Å². The van der Waals surface area contributed by atoms with E-state index < -0.39 is 10.0 Å². The lowest BCUT2D eigenvalue weighted by molar-refractivity contribution is 0.599. The Kier molecular flexibility index (Phi) is 4.38. The van der Waals surface area contributed by atoms with E-state index in [1.165, 1.54) is 0 Å². The van der Waals surface area contributed by atoms with E-state index in [1.54, 1.807) is 24.3 Å². The Morgan fingerprint density at radius 3 is 2.40 bits per heavy atom. The molecule has 0 bridgehead atoms. The fourth-order valence-corrected chi connectivity index (χ4v) is 2.29. The Hall–Kier alpha value is -0.780. The third-order valence-electron chi connectivity index (χ3n) is 1.73. The van der Waals surface area contributed by atoms with Gasteiger partial charge in [-0.15, -0.1) is 0 Å². The summed E-state index contributed by atoms with van der Waals surface area (Å²) in [6.45, 7) is 0.363. The Morgan fingerprint density at radius 2 is 1.87 bits per heavy atom. The van der Waals surface area contributed by atoms with E-state index in [-0.39, 0.29) is 5.75 Å². The molecule has 0 fully saturated rings. The highest BCUT2D eigenvalue weighted by Gasteiger charge is 2.08. The number of benzene rings is 1. The van der Waals surface area contributed by atoms with Gasteiger partial charge in [-0.25, -0.2) is 8.42 Å². The summed E-state index contributed by atoms with van der Waals surface area (Å²) >= 11 is 5.67. The van der Waals surface area contributed by atoms with E-state index in [4.69, 9.17) is 17.3 Å². The third-order valence-corrected chi connectivity index (χ3v) is 3.36. The molecule has 84 valence electrons. The van der Waals surface area contributed by atoms with E-state index in [0.717, 1.165) is 0 Å². The van der Waals surface area contributed by atoms with Gasteiger partial charge in [0.15, 0.2) is 0 Å². The van der Waals surface area contributed by atoms with Crippen molar-refractivity contribution in [1.29, 1.82) is 0 Å². The van der Waals surface area contributed by atoms with Crippen molar-refractivity contribution in [3.63, 3.8) is 0 Å². The van der Waals surface area contributed by atoms with Crippen molar-refractivity contribution < 1.29 is 8.42 Å². The SMILES string of the molecule is NCCCS(=O)(=O)Nc1ccc(Cl)cc1. The van der Waals surface area contributed by atoms with Gasteiger partial charge in [-0.05, 0) is 37.2 Å². The molecular weight excluding hydrogens is 236 g/mol. The average Bonchev–Trinajstić information content (AvgIpc) is 2.18. The topological polar surface area (TPSA) is 72.2 Å². The summed E-state index contributed by atoms with van der Waals surface area (Å²) in [6, 6.07) is 6.48. The zero-order valence-corrected chi connectivity index (χ0v) is 9.68. The Bertz CT molecular complexity index is 403. The van der Waals surface area contributed by atoms with Crippen molar-refractivity contribution >= 4 is 27.3 Å². The first kappa shape index (κ1) is 12.3. The largest absolute Gasteiger partial charge is 0.330 e. The van der Waals surface area contributed by atoms with Crippen LogP contribution in [0.2, 0.25) is 5.02 Å². The van der Waals surface area contributed by atoms with Crippen LogP contribution in [-0.4, -0.2) is 20.7 Å². The Morgan fingerprint density at radius 1 is 1.27 bits per heavy atom. The third kappa shape index (κ3) is 4.51. The lowest BCUT2D eigenvalue weighted by Gasteiger charge is -2.06. The van der Waals surface area contributed by atoms with Gasteiger partial charge in [-0.3, -0.25) is 4.72 Å². The highest BCUT2D eigenvalue weighted by molar-refractivity contribution is 7.92. The summed E-state index contributed by atoms with van der Waals surface area (Å²) in [5.41, 5.74) is 5.75. The van der Waals surface area contributed by atoms with Gasteiger partial charge in [0, 0.05) is 10.7 Å². The predicted octanol–water partition coefficient (Wildman–Crippen LogP) is 1.43. The monoisotopic (exact) mass is 248 g/mol. The molecule has 0 aliphatic rings. The number of anilines is 1. The minimum atomic E-state index is -3.28. The van der Waals surface area contributed by atoms with Crippen LogP contribution in [0.25, 0.3) is 0 Å². The second-order valence-electron chi connectivity index (χ2n) is 3.07. The number of sulfonamides is 1. The summed E-state index contributed by atoms with van der Waals surface area (Å²) in [6.07, 6.45) is 0.447. The van der Waals surface area contributed by atoms with Crippen LogP contribution in [0.1, 0.15) is 6.42 Å². The number of nitrogens with two attached hydrogens (primary N) is 1. The van der Waals surface area contributed by atoms with Crippen molar-refractivity contribution in [2.45, 2.75) is 6.42 Å². The summed E-state index contributed by atoms with van der Waals surface area (Å²) in [5, 5.41) is 0.569. The number of rotatable bonds is 5. The fraction of sp³-hybridized carbons (Fsp3) is 0.333. The highest BCUT2D eigenvalue weighted by Crippen LogP contribution is 2.14. The van der Waals surface area contributed by atoms with Gasteiger partial charge in [-0.1, -0.05) is 11.6 Å². The summed E-state index contributed by atoms with van der Waals surface area (Å²) < 4.78 is 25.3. The molecule has 15 heavy (non-hydrogen) atoms. The van der Waals surface area contributed by atoms with Gasteiger partial charge >= 0.3 is 0 Å². The molecule has 0 unspecified atom stereocenters. The maximum atomic E-state index is 11.4. The van der Waals surface area contributed by atoms with Crippen LogP contribution in [-0.2, 0) is 10.0 Å². The van der Waals surface area contributed by atoms with Crippen LogP contribution in [0.4, 0.5) is 5.69 Å². The van der Waals surface area contributed by atoms with Crippen LogP contribution in [0.5, 0.6) is 0 Å². The molecule has 0 saturated heterocycles. The standard InChI is InChI=1S/C9H13ClN2O2S/c10-8-2-4-9(5-3-8)12-15(13,14)7-1-6-11/h2-5,12H,1,6-7,11H2. The normalized spacial score (nSPS) is 11.3. The molecule has 1 rings (SSSR count). The molecule has 4 nitrogen and oxygen atoms in total. The first-order valence-corrected chi connectivity index (χ1v) is 6.52. The van der Waals surface area contributed by atoms with Gasteiger partial charge in [0.2, 0.25) is 10.0 Å². The van der Waals surface area contributed by atoms with E-state index >= 15 is 0 Å². The van der Waals surface area contributed by atoms with E-state index in [2.05, 4.69) is 4.72 Å². The first-order valence-electron chi connectivity index (χ1n) is 4.49. The molecule has 1 aromatic carbocycles. The van der Waals surface area contributed by atoms with Crippen LogP contribution < -0.4 is 10.5 Å². The molecule has 0 saturated carbocycles. The zero-order valence-electron chi connectivity index (χ0n) is 8.11. The van der Waals surface area contributed by atoms with Crippen molar-refractivity contribution in [2.75, 3.05) is 17.0 Å². The average molecular weight is 249 g/mol. The summed E-state index contributed by atoms with van der Waals surface area (Å²) in [4.78, 5) is 0. The van der Waals surface area contributed by atoms with Gasteiger partial charge in [0.25, 0.3) is 0 Å². The maximum absolute atomic E-state index is 11.4. The molecule has 0 heterocycles. The zero-order chi connectivity index (χ0) is 11.3. The molecule has 3 N–H and O–H groups in total. The Labute approximate surface area is 94.5 Å². The molecule has 1 aromatic rings. The number of halogens is 1. The molecule has 0 amide bonds. The molecule has 0 aromatic heterocycles. The molecule has 0 spiro atoms. The number of nitrogens with one attached hydrogen (secondary N) is 1. The van der Waals surface area contributed by atoms with Crippen molar-refractivity contribution in [3.8, 4) is 0 Å². The van der Waals surface area contributed by atoms with Gasteiger partial charge in [-0.2, -0.15) is 0 Å². The van der Waals surface area contributed by atoms with Crippen molar-refractivity contribution in [1.82, 2.24) is 0 Å². The minimum Gasteiger partial charge on any atom is -0.330 e.